The summed E-state index contributed by atoms with van der Waals surface area (Å²) in [7, 11) is 0. The van der Waals surface area contributed by atoms with Crippen molar-refractivity contribution in [1.82, 2.24) is 15.8 Å². The number of rotatable bonds is 2. The van der Waals surface area contributed by atoms with Gasteiger partial charge >= 0.3 is 6.03 Å². The summed E-state index contributed by atoms with van der Waals surface area (Å²) in [6.07, 6.45) is 1.35. The van der Waals surface area contributed by atoms with Gasteiger partial charge in [0.05, 0.1) is 5.92 Å². The zero-order valence-electron chi connectivity index (χ0n) is 11.8. The molecule has 1 aliphatic heterocycles. The molecule has 0 aliphatic carbocycles. The Morgan fingerprint density at radius 1 is 1.18 bits per heavy atom. The molecule has 1 aliphatic rings. The third kappa shape index (κ3) is 4.11. The molecule has 1 heterocycles. The lowest BCUT2D eigenvalue weighted by Crippen LogP contribution is -2.50. The number of hydrogen-bond acceptors (Lipinski definition) is 3. The Bertz CT molecular complexity index is 576. The first-order valence-electron chi connectivity index (χ1n) is 6.87. The van der Waals surface area contributed by atoms with Gasteiger partial charge in [-0.3, -0.25) is 20.4 Å². The van der Waals surface area contributed by atoms with Crippen LogP contribution in [0.25, 0.3) is 0 Å². The minimum atomic E-state index is -0.539. The van der Waals surface area contributed by atoms with Gasteiger partial charge in [0.25, 0.3) is 5.91 Å². The first kappa shape index (κ1) is 16.1. The Morgan fingerprint density at radius 2 is 1.86 bits per heavy atom. The molecule has 4 amide bonds. The van der Waals surface area contributed by atoms with E-state index >= 15 is 0 Å². The van der Waals surface area contributed by atoms with E-state index in [1.54, 1.807) is 24.3 Å². The van der Waals surface area contributed by atoms with Gasteiger partial charge in [-0.15, -0.1) is 0 Å². The number of primary amides is 1. The minimum Gasteiger partial charge on any atom is -0.351 e. The maximum absolute atomic E-state index is 12.0. The third-order valence-corrected chi connectivity index (χ3v) is 3.76. The minimum absolute atomic E-state index is 0.262. The summed E-state index contributed by atoms with van der Waals surface area (Å²) >= 11 is 5.74. The molecule has 22 heavy (non-hydrogen) atoms. The average Bonchev–Trinajstić information content (AvgIpc) is 2.53. The van der Waals surface area contributed by atoms with Crippen LogP contribution in [0.2, 0.25) is 5.02 Å². The Hall–Kier alpha value is -2.28. The number of urea groups is 1. The Kier molecular flexibility index (Phi) is 5.21. The van der Waals surface area contributed by atoms with Gasteiger partial charge < -0.3 is 10.6 Å². The maximum atomic E-state index is 12.0. The van der Waals surface area contributed by atoms with E-state index in [0.29, 0.717) is 30.0 Å². The molecular weight excluding hydrogens is 308 g/mol. The second-order valence-electron chi connectivity index (χ2n) is 5.07. The highest BCUT2D eigenvalue weighted by molar-refractivity contribution is 6.30. The number of piperidine rings is 1. The number of hydrazine groups is 1. The molecule has 0 unspecified atom stereocenters. The highest BCUT2D eigenvalue weighted by Crippen LogP contribution is 2.16. The number of halogens is 1. The number of likely N-dealkylation sites (tertiary alicyclic amines) is 1. The van der Waals surface area contributed by atoms with Gasteiger partial charge in [0.1, 0.15) is 0 Å². The van der Waals surface area contributed by atoms with Crippen LogP contribution < -0.4 is 16.6 Å². The molecule has 0 spiro atoms. The standard InChI is InChI=1S/C14H17ClN4O3/c15-11-5-3-9(4-6-11)12(20)17-18-13(21)10-2-1-7-19(8-10)14(16)22/h3-6,10H,1-2,7-8H2,(H2,16,22)(H,17,20)(H,18,21)/t10-/m0/s1. The molecule has 0 aromatic heterocycles. The molecule has 1 aromatic carbocycles. The number of nitrogens with one attached hydrogen (secondary N) is 2. The summed E-state index contributed by atoms with van der Waals surface area (Å²) in [5.74, 6) is -1.16. The van der Waals surface area contributed by atoms with Gasteiger partial charge in [0, 0.05) is 23.7 Å². The van der Waals surface area contributed by atoms with E-state index in [0.717, 1.165) is 0 Å². The number of nitrogens with two attached hydrogens (primary N) is 1. The summed E-state index contributed by atoms with van der Waals surface area (Å²) in [5, 5.41) is 0.523. The van der Waals surface area contributed by atoms with Gasteiger partial charge in [-0.25, -0.2) is 4.79 Å². The van der Waals surface area contributed by atoms with Crippen molar-refractivity contribution in [2.45, 2.75) is 12.8 Å². The van der Waals surface area contributed by atoms with Gasteiger partial charge in [-0.2, -0.15) is 0 Å². The molecule has 1 atom stereocenters. The van der Waals surface area contributed by atoms with Crippen LogP contribution >= 0.6 is 11.6 Å². The van der Waals surface area contributed by atoms with Crippen LogP contribution in [0.1, 0.15) is 23.2 Å². The normalized spacial score (nSPS) is 17.7. The zero-order chi connectivity index (χ0) is 16.1. The van der Waals surface area contributed by atoms with Crippen LogP contribution in [-0.4, -0.2) is 35.8 Å². The van der Waals surface area contributed by atoms with Crippen molar-refractivity contribution in [1.29, 1.82) is 0 Å². The Morgan fingerprint density at radius 3 is 2.50 bits per heavy atom. The number of carbonyl (C=O) groups is 3. The van der Waals surface area contributed by atoms with Crippen molar-refractivity contribution in [3.63, 3.8) is 0 Å². The summed E-state index contributed by atoms with van der Waals surface area (Å²) < 4.78 is 0. The molecule has 8 heteroatoms. The zero-order valence-corrected chi connectivity index (χ0v) is 12.6. The van der Waals surface area contributed by atoms with E-state index in [4.69, 9.17) is 17.3 Å². The van der Waals surface area contributed by atoms with Crippen LogP contribution in [0, 0.1) is 5.92 Å². The molecule has 0 radical (unpaired) electrons. The van der Waals surface area contributed by atoms with Crippen molar-refractivity contribution in [3.05, 3.63) is 34.9 Å². The highest BCUT2D eigenvalue weighted by Gasteiger charge is 2.27. The average molecular weight is 325 g/mol. The highest BCUT2D eigenvalue weighted by atomic mass is 35.5. The maximum Gasteiger partial charge on any atom is 0.314 e. The van der Waals surface area contributed by atoms with Crippen LogP contribution in [0.3, 0.4) is 0 Å². The van der Waals surface area contributed by atoms with Gasteiger partial charge in [-0.1, -0.05) is 11.6 Å². The van der Waals surface area contributed by atoms with E-state index in [-0.39, 0.29) is 18.4 Å². The second-order valence-corrected chi connectivity index (χ2v) is 5.51. The molecule has 1 saturated heterocycles. The smallest absolute Gasteiger partial charge is 0.314 e. The predicted octanol–water partition coefficient (Wildman–Crippen LogP) is 0.892. The van der Waals surface area contributed by atoms with Crippen molar-refractivity contribution in [2.75, 3.05) is 13.1 Å². The van der Waals surface area contributed by atoms with Gasteiger partial charge in [0.2, 0.25) is 5.91 Å². The lowest BCUT2D eigenvalue weighted by Gasteiger charge is -2.30. The van der Waals surface area contributed by atoms with E-state index in [1.165, 1.54) is 4.90 Å². The van der Waals surface area contributed by atoms with E-state index in [1.807, 2.05) is 0 Å². The van der Waals surface area contributed by atoms with Gasteiger partial charge in [0.15, 0.2) is 0 Å². The summed E-state index contributed by atoms with van der Waals surface area (Å²) in [6.45, 7) is 0.814. The monoisotopic (exact) mass is 324 g/mol. The quantitative estimate of drug-likeness (QED) is 0.704. The largest absolute Gasteiger partial charge is 0.351 e. The van der Waals surface area contributed by atoms with E-state index in [9.17, 15) is 14.4 Å². The number of hydrogen-bond donors (Lipinski definition) is 3. The molecule has 0 bridgehead atoms. The van der Waals surface area contributed by atoms with Gasteiger partial charge in [-0.05, 0) is 37.1 Å². The molecule has 7 nitrogen and oxygen atoms in total. The van der Waals surface area contributed by atoms with Crippen LogP contribution in [0.15, 0.2) is 24.3 Å². The number of nitrogens with zero attached hydrogens (tertiary/aromatic N) is 1. The van der Waals surface area contributed by atoms with Crippen molar-refractivity contribution < 1.29 is 14.4 Å². The van der Waals surface area contributed by atoms with E-state index < -0.39 is 11.9 Å². The fraction of sp³-hybridized carbons (Fsp3) is 0.357. The summed E-state index contributed by atoms with van der Waals surface area (Å²) in [4.78, 5) is 36.5. The molecule has 118 valence electrons. The van der Waals surface area contributed by atoms with Crippen molar-refractivity contribution >= 4 is 29.4 Å². The SMILES string of the molecule is NC(=O)N1CCC[C@H](C(=O)NNC(=O)c2ccc(Cl)cc2)C1. The number of amides is 4. The summed E-state index contributed by atoms with van der Waals surface area (Å²) in [6, 6.07) is 5.75. The molecule has 1 aromatic rings. The molecule has 1 fully saturated rings. The fourth-order valence-electron chi connectivity index (χ4n) is 2.29. The predicted molar refractivity (Wildman–Crippen MR) is 80.9 cm³/mol. The first-order valence-corrected chi connectivity index (χ1v) is 7.25. The van der Waals surface area contributed by atoms with E-state index in [2.05, 4.69) is 10.9 Å². The Balaban J connectivity index is 1.85. The van der Waals surface area contributed by atoms with Crippen LogP contribution in [0.5, 0.6) is 0 Å². The lowest BCUT2D eigenvalue weighted by atomic mass is 9.98. The fourth-order valence-corrected chi connectivity index (χ4v) is 2.41. The molecule has 0 saturated carbocycles. The summed E-state index contributed by atoms with van der Waals surface area (Å²) in [5.41, 5.74) is 10.3. The molecule has 4 N–H and O–H groups in total. The third-order valence-electron chi connectivity index (χ3n) is 3.51. The number of carbonyl (C=O) groups excluding carboxylic acids is 3. The second kappa shape index (κ2) is 7.13. The van der Waals surface area contributed by atoms with Crippen molar-refractivity contribution in [3.8, 4) is 0 Å². The first-order chi connectivity index (χ1) is 10.5. The van der Waals surface area contributed by atoms with Crippen molar-refractivity contribution in [2.24, 2.45) is 11.7 Å². The molecular formula is C14H17ClN4O3. The Labute approximate surface area is 132 Å². The van der Waals surface area contributed by atoms with Crippen LogP contribution in [0.4, 0.5) is 4.79 Å². The number of benzene rings is 1. The molecule has 2 rings (SSSR count). The lowest BCUT2D eigenvalue weighted by molar-refractivity contribution is -0.127. The van der Waals surface area contributed by atoms with Crippen LogP contribution in [-0.2, 0) is 4.79 Å². The topological polar surface area (TPSA) is 105 Å².